The minimum atomic E-state index is -0.292. The molecule has 0 amide bonds. The Hall–Kier alpha value is -2.16. The highest BCUT2D eigenvalue weighted by Gasteiger charge is 2.54. The van der Waals surface area contributed by atoms with Gasteiger partial charge >= 0.3 is 0 Å². The molecule has 1 aromatic carbocycles. The Morgan fingerprint density at radius 2 is 1.93 bits per heavy atom. The van der Waals surface area contributed by atoms with Crippen molar-refractivity contribution in [3.63, 3.8) is 0 Å². The SMILES string of the molecule is CC(C)c1n[nH]c2c1[C@@]1(CCc3ccccc31)C1=C(C2)CC(C)(C)CC1=O. The Morgan fingerprint density at radius 3 is 2.70 bits per heavy atom. The average Bonchev–Trinajstić information content (AvgIpc) is 3.17. The van der Waals surface area contributed by atoms with Crippen LogP contribution in [0.2, 0.25) is 0 Å². The van der Waals surface area contributed by atoms with Crippen LogP contribution in [0, 0.1) is 5.41 Å². The summed E-state index contributed by atoms with van der Waals surface area (Å²) < 4.78 is 0. The molecule has 0 fully saturated rings. The van der Waals surface area contributed by atoms with E-state index in [4.69, 9.17) is 5.10 Å². The van der Waals surface area contributed by atoms with Crippen LogP contribution < -0.4 is 0 Å². The lowest BCUT2D eigenvalue weighted by molar-refractivity contribution is -0.118. The van der Waals surface area contributed by atoms with E-state index >= 15 is 0 Å². The highest BCUT2D eigenvalue weighted by atomic mass is 16.1. The number of fused-ring (bicyclic) bond motifs is 5. The molecule has 1 heterocycles. The van der Waals surface area contributed by atoms with Crippen LogP contribution >= 0.6 is 0 Å². The molecule has 3 aliphatic rings. The fourth-order valence-corrected chi connectivity index (χ4v) is 6.02. The van der Waals surface area contributed by atoms with Crippen molar-refractivity contribution in [1.82, 2.24) is 10.2 Å². The van der Waals surface area contributed by atoms with E-state index in [-0.39, 0.29) is 10.8 Å². The molecule has 140 valence electrons. The Kier molecular flexibility index (Phi) is 3.42. The predicted octanol–water partition coefficient (Wildman–Crippen LogP) is 5.01. The third-order valence-electron chi connectivity index (χ3n) is 6.87. The smallest absolute Gasteiger partial charge is 0.160 e. The first-order valence-corrected chi connectivity index (χ1v) is 10.3. The molecule has 1 aromatic heterocycles. The first-order chi connectivity index (χ1) is 12.8. The summed E-state index contributed by atoms with van der Waals surface area (Å²) >= 11 is 0. The molecule has 0 bridgehead atoms. The van der Waals surface area contributed by atoms with E-state index in [0.29, 0.717) is 18.1 Å². The standard InChI is InChI=1S/C24H28N2O/c1-14(2)22-21-18(25-26-22)11-16-12-23(3,4)13-19(27)20(16)24(21)10-9-15-7-5-6-8-17(15)24/h5-8,14H,9-13H2,1-4H3,(H,25,26)/t24-/m1/s1. The van der Waals surface area contributed by atoms with E-state index in [9.17, 15) is 4.79 Å². The molecule has 27 heavy (non-hydrogen) atoms. The number of aromatic amines is 1. The van der Waals surface area contributed by atoms with Crippen molar-refractivity contribution in [1.29, 1.82) is 0 Å². The molecular weight excluding hydrogens is 332 g/mol. The summed E-state index contributed by atoms with van der Waals surface area (Å²) in [5, 5.41) is 8.11. The number of aromatic nitrogens is 2. The summed E-state index contributed by atoms with van der Waals surface area (Å²) in [5.74, 6) is 0.700. The van der Waals surface area contributed by atoms with Gasteiger partial charge in [0.25, 0.3) is 0 Å². The fraction of sp³-hybridized carbons (Fsp3) is 0.500. The van der Waals surface area contributed by atoms with Crippen LogP contribution in [-0.4, -0.2) is 16.0 Å². The Bertz CT molecular complexity index is 992. The van der Waals surface area contributed by atoms with Gasteiger partial charge in [-0.05, 0) is 41.7 Å². The number of aryl methyl sites for hydroxylation is 1. The van der Waals surface area contributed by atoms with Crippen LogP contribution in [0.15, 0.2) is 35.4 Å². The number of allylic oxidation sites excluding steroid dienone is 2. The molecule has 1 N–H and O–H groups in total. The second kappa shape index (κ2) is 5.43. The van der Waals surface area contributed by atoms with Gasteiger partial charge in [-0.25, -0.2) is 0 Å². The first-order valence-electron chi connectivity index (χ1n) is 10.3. The highest BCUT2D eigenvalue weighted by molar-refractivity contribution is 6.02. The van der Waals surface area contributed by atoms with E-state index in [1.54, 1.807) is 0 Å². The van der Waals surface area contributed by atoms with Gasteiger partial charge in [0.05, 0.1) is 11.1 Å². The molecule has 3 heteroatoms. The third kappa shape index (κ3) is 2.20. The van der Waals surface area contributed by atoms with Crippen molar-refractivity contribution in [3.05, 3.63) is 63.5 Å². The normalized spacial score (nSPS) is 25.7. The second-order valence-corrected chi connectivity index (χ2v) is 9.78. The predicted molar refractivity (Wildman–Crippen MR) is 107 cm³/mol. The molecule has 1 spiro atoms. The van der Waals surface area contributed by atoms with E-state index in [0.717, 1.165) is 37.0 Å². The first kappa shape index (κ1) is 17.0. The van der Waals surface area contributed by atoms with Crippen LogP contribution in [0.4, 0.5) is 0 Å². The van der Waals surface area contributed by atoms with E-state index in [2.05, 4.69) is 57.1 Å². The van der Waals surface area contributed by atoms with Gasteiger partial charge in [-0.1, -0.05) is 57.5 Å². The molecule has 0 unspecified atom stereocenters. The molecule has 2 aromatic rings. The molecule has 0 radical (unpaired) electrons. The quantitative estimate of drug-likeness (QED) is 0.777. The van der Waals surface area contributed by atoms with Crippen molar-refractivity contribution in [2.24, 2.45) is 5.41 Å². The molecule has 1 atom stereocenters. The lowest BCUT2D eigenvalue weighted by Crippen LogP contribution is -2.42. The number of ketones is 1. The van der Waals surface area contributed by atoms with Crippen molar-refractivity contribution in [2.45, 2.75) is 71.1 Å². The summed E-state index contributed by atoms with van der Waals surface area (Å²) in [5.41, 5.74) is 8.65. The van der Waals surface area contributed by atoms with Crippen LogP contribution in [0.5, 0.6) is 0 Å². The summed E-state index contributed by atoms with van der Waals surface area (Å²) in [6.07, 6.45) is 4.53. The molecule has 0 saturated carbocycles. The van der Waals surface area contributed by atoms with Gasteiger partial charge < -0.3 is 0 Å². The van der Waals surface area contributed by atoms with Gasteiger partial charge in [0.2, 0.25) is 0 Å². The Labute approximate surface area is 161 Å². The zero-order chi connectivity index (χ0) is 19.0. The number of hydrogen-bond donors (Lipinski definition) is 1. The van der Waals surface area contributed by atoms with E-state index in [1.807, 2.05) is 0 Å². The molecule has 3 aliphatic carbocycles. The molecular formula is C24H28N2O. The number of benzene rings is 1. The zero-order valence-corrected chi connectivity index (χ0v) is 16.8. The van der Waals surface area contributed by atoms with Crippen molar-refractivity contribution >= 4 is 5.78 Å². The maximum atomic E-state index is 13.5. The number of rotatable bonds is 1. The maximum absolute atomic E-state index is 13.5. The topological polar surface area (TPSA) is 45.8 Å². The minimum absolute atomic E-state index is 0.0492. The van der Waals surface area contributed by atoms with Crippen LogP contribution in [-0.2, 0) is 23.1 Å². The van der Waals surface area contributed by atoms with Gasteiger partial charge in [-0.15, -0.1) is 0 Å². The maximum Gasteiger partial charge on any atom is 0.160 e. The van der Waals surface area contributed by atoms with Crippen molar-refractivity contribution in [3.8, 4) is 0 Å². The van der Waals surface area contributed by atoms with Gasteiger partial charge in [-0.3, -0.25) is 9.89 Å². The number of H-pyrrole nitrogens is 1. The van der Waals surface area contributed by atoms with Crippen molar-refractivity contribution < 1.29 is 4.79 Å². The molecule has 0 aliphatic heterocycles. The number of nitrogens with zero attached hydrogens (tertiary/aromatic N) is 1. The lowest BCUT2D eigenvalue weighted by atomic mass is 9.57. The van der Waals surface area contributed by atoms with Crippen molar-refractivity contribution in [2.75, 3.05) is 0 Å². The lowest BCUT2D eigenvalue weighted by Gasteiger charge is -2.44. The van der Waals surface area contributed by atoms with Gasteiger partial charge in [0.15, 0.2) is 5.78 Å². The largest absolute Gasteiger partial charge is 0.294 e. The summed E-state index contributed by atoms with van der Waals surface area (Å²) in [4.78, 5) is 13.5. The van der Waals surface area contributed by atoms with Gasteiger partial charge in [0.1, 0.15) is 0 Å². The molecule has 0 saturated heterocycles. The van der Waals surface area contributed by atoms with Gasteiger partial charge in [0, 0.05) is 29.7 Å². The summed E-state index contributed by atoms with van der Waals surface area (Å²) in [6.45, 7) is 8.87. The number of hydrogen-bond acceptors (Lipinski definition) is 2. The monoisotopic (exact) mass is 360 g/mol. The Morgan fingerprint density at radius 1 is 1.15 bits per heavy atom. The van der Waals surface area contributed by atoms with E-state index < -0.39 is 0 Å². The van der Waals surface area contributed by atoms with E-state index in [1.165, 1.54) is 28.0 Å². The summed E-state index contributed by atoms with van der Waals surface area (Å²) in [6, 6.07) is 8.76. The highest BCUT2D eigenvalue weighted by Crippen LogP contribution is 2.58. The number of carbonyl (C=O) groups excluding carboxylic acids is 1. The fourth-order valence-electron chi connectivity index (χ4n) is 6.02. The van der Waals surface area contributed by atoms with Crippen LogP contribution in [0.3, 0.4) is 0 Å². The minimum Gasteiger partial charge on any atom is -0.294 e. The molecule has 5 rings (SSSR count). The zero-order valence-electron chi connectivity index (χ0n) is 16.8. The third-order valence-corrected chi connectivity index (χ3v) is 6.87. The Balaban J connectivity index is 1.85. The van der Waals surface area contributed by atoms with Crippen LogP contribution in [0.25, 0.3) is 0 Å². The summed E-state index contributed by atoms with van der Waals surface area (Å²) in [7, 11) is 0. The average molecular weight is 361 g/mol. The number of carbonyl (C=O) groups is 1. The van der Waals surface area contributed by atoms with Crippen LogP contribution in [0.1, 0.15) is 81.0 Å². The number of Topliss-reactive ketones (excluding diaryl/α,β-unsaturated/α-hetero) is 1. The molecule has 3 nitrogen and oxygen atoms in total. The number of nitrogens with one attached hydrogen (secondary N) is 1. The second-order valence-electron chi connectivity index (χ2n) is 9.78. The van der Waals surface area contributed by atoms with Gasteiger partial charge in [-0.2, -0.15) is 5.10 Å².